The quantitative estimate of drug-likeness (QED) is 0.175. The summed E-state index contributed by atoms with van der Waals surface area (Å²) >= 11 is 0. The van der Waals surface area contributed by atoms with Crippen LogP contribution in [0.15, 0.2) is 170 Å². The van der Waals surface area contributed by atoms with E-state index in [0.29, 0.717) is 11.6 Å². The molecule has 0 saturated carbocycles. The highest BCUT2D eigenvalue weighted by Gasteiger charge is 2.30. The maximum Gasteiger partial charge on any atom is 0.163 e. The lowest BCUT2D eigenvalue weighted by Gasteiger charge is -2.29. The third kappa shape index (κ3) is 6.34. The van der Waals surface area contributed by atoms with Crippen molar-refractivity contribution in [2.24, 2.45) is 5.92 Å². The van der Waals surface area contributed by atoms with Gasteiger partial charge in [-0.25, -0.2) is 15.0 Å². The molecule has 0 bridgehead atoms. The first-order valence-corrected chi connectivity index (χ1v) is 16.5. The third-order valence-corrected chi connectivity index (χ3v) is 9.03. The van der Waals surface area contributed by atoms with Gasteiger partial charge in [-0.3, -0.25) is 9.97 Å². The van der Waals surface area contributed by atoms with Crippen molar-refractivity contribution >= 4 is 11.1 Å². The number of rotatable bonds is 7. The number of aromatic nitrogens is 5. The summed E-state index contributed by atoms with van der Waals surface area (Å²) in [6.45, 7) is 2.27. The Balaban J connectivity index is 1.30. The predicted octanol–water partition coefficient (Wildman–Crippen LogP) is 10.2. The molecule has 4 aromatic carbocycles. The van der Waals surface area contributed by atoms with Crippen LogP contribution < -0.4 is 0 Å². The van der Waals surface area contributed by atoms with Crippen molar-refractivity contribution in [3.8, 4) is 45.3 Å². The summed E-state index contributed by atoms with van der Waals surface area (Å²) in [6, 6.07) is 49.6. The molecule has 0 amide bonds. The highest BCUT2D eigenvalue weighted by Crippen LogP contribution is 2.43. The van der Waals surface area contributed by atoms with Gasteiger partial charge < -0.3 is 0 Å². The van der Waals surface area contributed by atoms with Crippen LogP contribution in [0.4, 0.5) is 0 Å². The second kappa shape index (κ2) is 13.4. The number of hydrogen-bond donors (Lipinski definition) is 0. The summed E-state index contributed by atoms with van der Waals surface area (Å²) < 4.78 is 0. The smallest absolute Gasteiger partial charge is 0.163 e. The minimum absolute atomic E-state index is 0.103. The fourth-order valence-corrected chi connectivity index (χ4v) is 6.47. The number of nitrogens with zero attached hydrogens (tertiary/aromatic N) is 5. The van der Waals surface area contributed by atoms with Crippen LogP contribution >= 0.6 is 0 Å². The van der Waals surface area contributed by atoms with E-state index >= 15 is 0 Å². The van der Waals surface area contributed by atoms with E-state index in [1.807, 2.05) is 60.9 Å². The molecule has 0 aliphatic heterocycles. The van der Waals surface area contributed by atoms with Crippen LogP contribution in [0, 0.1) is 5.92 Å². The molecule has 0 fully saturated rings. The number of hydrogen-bond acceptors (Lipinski definition) is 5. The Kier molecular flexibility index (Phi) is 8.22. The second-order valence-corrected chi connectivity index (χ2v) is 12.2. The molecule has 1 aliphatic rings. The molecule has 0 N–H and O–H groups in total. The number of pyridine rings is 2. The predicted molar refractivity (Wildman–Crippen MR) is 198 cm³/mol. The van der Waals surface area contributed by atoms with Crippen molar-refractivity contribution in [2.75, 3.05) is 0 Å². The molecular weight excluding hydrogens is 599 g/mol. The van der Waals surface area contributed by atoms with Crippen LogP contribution in [0.2, 0.25) is 0 Å². The van der Waals surface area contributed by atoms with Crippen LogP contribution in [0.3, 0.4) is 0 Å². The summed E-state index contributed by atoms with van der Waals surface area (Å²) in [5, 5.41) is 0. The zero-order chi connectivity index (χ0) is 33.0. The largest absolute Gasteiger partial charge is 0.256 e. The maximum atomic E-state index is 5.25. The minimum atomic E-state index is -0.103. The van der Waals surface area contributed by atoms with Gasteiger partial charge in [0.2, 0.25) is 0 Å². The van der Waals surface area contributed by atoms with Crippen LogP contribution in [0.5, 0.6) is 0 Å². The van der Waals surface area contributed by atoms with E-state index in [1.54, 1.807) is 0 Å². The molecule has 5 heteroatoms. The van der Waals surface area contributed by atoms with Crippen molar-refractivity contribution in [1.29, 1.82) is 0 Å². The van der Waals surface area contributed by atoms with Crippen molar-refractivity contribution in [1.82, 2.24) is 24.9 Å². The summed E-state index contributed by atoms with van der Waals surface area (Å²) in [7, 11) is 0. The van der Waals surface area contributed by atoms with Gasteiger partial charge in [0.15, 0.2) is 11.6 Å². The molecular formula is C44H33N5. The van der Waals surface area contributed by atoms with Gasteiger partial charge in [0.1, 0.15) is 5.82 Å². The topological polar surface area (TPSA) is 64.5 Å². The van der Waals surface area contributed by atoms with E-state index < -0.39 is 0 Å². The average molecular weight is 632 g/mol. The van der Waals surface area contributed by atoms with Gasteiger partial charge in [0, 0.05) is 40.6 Å². The van der Waals surface area contributed by atoms with Crippen molar-refractivity contribution in [3.05, 3.63) is 187 Å². The van der Waals surface area contributed by atoms with E-state index in [0.717, 1.165) is 50.6 Å². The Hall–Kier alpha value is -6.33. The van der Waals surface area contributed by atoms with E-state index in [-0.39, 0.29) is 11.8 Å². The van der Waals surface area contributed by atoms with Crippen molar-refractivity contribution < 1.29 is 0 Å². The van der Waals surface area contributed by atoms with Gasteiger partial charge >= 0.3 is 0 Å². The van der Waals surface area contributed by atoms with Crippen molar-refractivity contribution in [2.45, 2.75) is 12.8 Å². The average Bonchev–Trinajstić information content (AvgIpc) is 3.19. The zero-order valence-corrected chi connectivity index (χ0v) is 27.1. The van der Waals surface area contributed by atoms with E-state index in [9.17, 15) is 0 Å². The molecule has 234 valence electrons. The third-order valence-electron chi connectivity index (χ3n) is 9.03. The highest BCUT2D eigenvalue weighted by atomic mass is 15.0. The van der Waals surface area contributed by atoms with Gasteiger partial charge in [0.05, 0.1) is 11.4 Å². The summed E-state index contributed by atoms with van der Waals surface area (Å²) in [5.74, 6) is 1.98. The Morgan fingerprint density at radius 3 is 1.47 bits per heavy atom. The summed E-state index contributed by atoms with van der Waals surface area (Å²) in [6.07, 6.45) is 8.27. The van der Waals surface area contributed by atoms with Crippen LogP contribution in [0.1, 0.15) is 29.8 Å². The lowest BCUT2D eigenvalue weighted by Crippen LogP contribution is -2.18. The monoisotopic (exact) mass is 631 g/mol. The molecule has 8 rings (SSSR count). The number of benzene rings is 4. The van der Waals surface area contributed by atoms with Crippen LogP contribution in [-0.4, -0.2) is 24.9 Å². The fourth-order valence-electron chi connectivity index (χ4n) is 6.47. The molecule has 3 heterocycles. The second-order valence-electron chi connectivity index (χ2n) is 12.2. The molecule has 2 unspecified atom stereocenters. The highest BCUT2D eigenvalue weighted by molar-refractivity contribution is 5.88. The molecule has 49 heavy (non-hydrogen) atoms. The maximum absolute atomic E-state index is 5.25. The molecule has 2 atom stereocenters. The normalized spacial score (nSPS) is 15.7. The SMILES string of the molecule is CC1C(c2ccccc2)=CC(c2ccccc2)=CC1c1nc(-c2cccc(-c3ccccn3)c2)nc(-c2cccc(-c3ccccn3)c2)n1. The zero-order valence-electron chi connectivity index (χ0n) is 27.1. The van der Waals surface area contributed by atoms with Crippen molar-refractivity contribution in [3.63, 3.8) is 0 Å². The Labute approximate surface area is 286 Å². The molecule has 5 nitrogen and oxygen atoms in total. The summed E-state index contributed by atoms with van der Waals surface area (Å²) in [5.41, 5.74) is 10.4. The fraction of sp³-hybridized carbons (Fsp3) is 0.0682. The Morgan fingerprint density at radius 2 is 0.939 bits per heavy atom. The molecule has 0 saturated heterocycles. The van der Waals surface area contributed by atoms with Gasteiger partial charge in [-0.1, -0.05) is 128 Å². The molecule has 0 radical (unpaired) electrons. The molecule has 0 spiro atoms. The molecule has 1 aliphatic carbocycles. The minimum Gasteiger partial charge on any atom is -0.256 e. The van der Waals surface area contributed by atoms with Gasteiger partial charge in [-0.15, -0.1) is 0 Å². The standard InChI is InChI=1S/C44H33N5/c1-30-38(32-16-6-3-7-17-32)28-37(31-14-4-2-5-15-31)29-39(30)44-48-42(35-20-12-18-33(26-35)40-22-8-10-24-45-40)47-43(49-44)36-21-13-19-34(27-36)41-23-9-11-25-46-41/h2-30,39H,1H3. The van der Waals surface area contributed by atoms with Crippen LogP contribution in [-0.2, 0) is 0 Å². The van der Waals surface area contributed by atoms with E-state index in [1.165, 1.54) is 11.1 Å². The van der Waals surface area contributed by atoms with E-state index in [2.05, 4.69) is 126 Å². The molecule has 7 aromatic rings. The Bertz CT molecular complexity index is 2180. The molecule has 3 aromatic heterocycles. The summed E-state index contributed by atoms with van der Waals surface area (Å²) in [4.78, 5) is 24.8. The van der Waals surface area contributed by atoms with Gasteiger partial charge in [0.25, 0.3) is 0 Å². The lowest BCUT2D eigenvalue weighted by molar-refractivity contribution is 0.617. The van der Waals surface area contributed by atoms with E-state index in [4.69, 9.17) is 15.0 Å². The Morgan fingerprint density at radius 1 is 0.449 bits per heavy atom. The van der Waals surface area contributed by atoms with Gasteiger partial charge in [-0.05, 0) is 64.6 Å². The first-order valence-electron chi connectivity index (χ1n) is 16.5. The number of allylic oxidation sites excluding steroid dienone is 4. The lowest BCUT2D eigenvalue weighted by atomic mass is 9.76. The first-order chi connectivity index (χ1) is 24.2. The first kappa shape index (κ1) is 30.0. The van der Waals surface area contributed by atoms with Crippen LogP contribution in [0.25, 0.3) is 56.4 Å². The van der Waals surface area contributed by atoms with Gasteiger partial charge in [-0.2, -0.15) is 0 Å².